The fourth-order valence-electron chi connectivity index (χ4n) is 3.37. The number of carbonyl (C=O) groups excluding carboxylic acids is 1. The van der Waals surface area contributed by atoms with Crippen LogP contribution in [0, 0.1) is 0 Å². The first-order valence-corrected chi connectivity index (χ1v) is 12.2. The number of aromatic nitrogens is 1. The van der Waals surface area contributed by atoms with Gasteiger partial charge in [0.15, 0.2) is 5.58 Å². The number of sulfonamides is 1. The molecule has 1 aromatic heterocycles. The summed E-state index contributed by atoms with van der Waals surface area (Å²) in [5, 5.41) is 0.0128. The number of oxazole rings is 1. The van der Waals surface area contributed by atoms with E-state index in [0.717, 1.165) is 25.9 Å². The van der Waals surface area contributed by atoms with Crippen molar-refractivity contribution in [1.29, 1.82) is 0 Å². The van der Waals surface area contributed by atoms with E-state index in [4.69, 9.17) is 9.15 Å². The Morgan fingerprint density at radius 2 is 1.90 bits per heavy atom. The number of nitrogens with one attached hydrogen (secondary N) is 1. The van der Waals surface area contributed by atoms with Crippen LogP contribution in [-0.2, 0) is 14.8 Å². The van der Waals surface area contributed by atoms with E-state index in [-0.39, 0.29) is 16.1 Å². The summed E-state index contributed by atoms with van der Waals surface area (Å²) in [4.78, 5) is 18.8. The van der Waals surface area contributed by atoms with Crippen molar-refractivity contribution in [3.8, 4) is 5.75 Å². The molecule has 0 radical (unpaired) electrons. The van der Waals surface area contributed by atoms with Crippen LogP contribution in [0.15, 0.2) is 57.0 Å². The van der Waals surface area contributed by atoms with Crippen LogP contribution >= 0.6 is 11.8 Å². The van der Waals surface area contributed by atoms with Crippen molar-refractivity contribution in [3.63, 3.8) is 0 Å². The summed E-state index contributed by atoms with van der Waals surface area (Å²) in [5.41, 5.74) is 1.30. The molecule has 10 heteroatoms. The number of amides is 1. The minimum Gasteiger partial charge on any atom is -0.497 e. The lowest BCUT2D eigenvalue weighted by Crippen LogP contribution is -2.34. The molecule has 1 aliphatic heterocycles. The Morgan fingerprint density at radius 1 is 1.19 bits per heavy atom. The maximum atomic E-state index is 12.8. The molecule has 31 heavy (non-hydrogen) atoms. The molecule has 1 saturated heterocycles. The minimum atomic E-state index is -3.80. The number of thioether (sulfide) groups is 1. The summed E-state index contributed by atoms with van der Waals surface area (Å²) in [7, 11) is -2.26. The van der Waals surface area contributed by atoms with Crippen molar-refractivity contribution in [3.05, 3.63) is 42.5 Å². The third kappa shape index (κ3) is 4.80. The highest BCUT2D eigenvalue weighted by atomic mass is 32.2. The topological polar surface area (TPSA) is 102 Å². The number of rotatable bonds is 7. The number of nitrogens with zero attached hydrogens (tertiary/aromatic N) is 2. The number of benzene rings is 2. The molecule has 0 unspecified atom stereocenters. The van der Waals surface area contributed by atoms with Crippen molar-refractivity contribution in [2.45, 2.75) is 35.1 Å². The van der Waals surface area contributed by atoms with Crippen LogP contribution in [0.25, 0.3) is 11.1 Å². The van der Waals surface area contributed by atoms with Crippen molar-refractivity contribution in [1.82, 2.24) is 9.88 Å². The van der Waals surface area contributed by atoms with Gasteiger partial charge in [-0.05, 0) is 62.2 Å². The van der Waals surface area contributed by atoms with E-state index in [1.165, 1.54) is 23.9 Å². The predicted molar refractivity (Wildman–Crippen MR) is 119 cm³/mol. The first-order valence-electron chi connectivity index (χ1n) is 9.88. The lowest BCUT2D eigenvalue weighted by Gasteiger charge is -2.18. The fraction of sp³-hybridized carbons (Fsp3) is 0.333. The summed E-state index contributed by atoms with van der Waals surface area (Å²) >= 11 is 1.24. The van der Waals surface area contributed by atoms with Crippen LogP contribution in [0.4, 0.5) is 5.69 Å². The Hall–Kier alpha value is -2.72. The first-order chi connectivity index (χ1) is 14.9. The molecule has 1 amide bonds. The maximum Gasteiger partial charge on any atom is 0.261 e. The van der Waals surface area contributed by atoms with Gasteiger partial charge in [-0.25, -0.2) is 13.4 Å². The van der Waals surface area contributed by atoms with Crippen LogP contribution in [0.1, 0.15) is 19.8 Å². The van der Waals surface area contributed by atoms with Crippen LogP contribution < -0.4 is 9.46 Å². The Bertz CT molecular complexity index is 1190. The molecule has 1 N–H and O–H groups in total. The molecule has 164 valence electrons. The maximum absolute atomic E-state index is 12.8. The molecule has 0 bridgehead atoms. The normalized spacial score (nSPS) is 15.2. The lowest BCUT2D eigenvalue weighted by molar-refractivity contribution is -0.129. The number of likely N-dealkylation sites (tertiary alicyclic amines) is 1. The summed E-state index contributed by atoms with van der Waals surface area (Å²) in [5.74, 6) is 0.700. The molecule has 0 spiro atoms. The molecule has 1 atom stereocenters. The second-order valence-electron chi connectivity index (χ2n) is 7.24. The average Bonchev–Trinajstić information content (AvgIpc) is 3.42. The number of ether oxygens (including phenoxy) is 1. The van der Waals surface area contributed by atoms with E-state index in [1.54, 1.807) is 37.4 Å². The standard InChI is InChI=1S/C21H23N3O5S2/c1-14(20(25)24-11-3-4-12-24)30-21-22-18-13-17(9-10-19(18)29-21)31(26,27)23-15-5-7-16(28-2)8-6-15/h5-10,13-14,23H,3-4,11-12H2,1-2H3/t14-/m0/s1. The highest BCUT2D eigenvalue weighted by molar-refractivity contribution is 8.00. The Balaban J connectivity index is 1.50. The van der Waals surface area contributed by atoms with E-state index in [0.29, 0.717) is 27.8 Å². The highest BCUT2D eigenvalue weighted by Gasteiger charge is 2.26. The highest BCUT2D eigenvalue weighted by Crippen LogP contribution is 2.30. The number of methoxy groups -OCH3 is 1. The molecule has 2 aromatic carbocycles. The van der Waals surface area contributed by atoms with Gasteiger partial charge in [0, 0.05) is 18.8 Å². The van der Waals surface area contributed by atoms with Crippen LogP contribution in [0.5, 0.6) is 5.75 Å². The number of hydrogen-bond donors (Lipinski definition) is 1. The number of hydrogen-bond acceptors (Lipinski definition) is 7. The Kier molecular flexibility index (Phi) is 6.10. The van der Waals surface area contributed by atoms with Gasteiger partial charge in [-0.15, -0.1) is 0 Å². The lowest BCUT2D eigenvalue weighted by atomic mass is 10.3. The van der Waals surface area contributed by atoms with Crippen molar-refractivity contribution >= 4 is 44.5 Å². The summed E-state index contributed by atoms with van der Waals surface area (Å²) in [6, 6.07) is 11.1. The number of fused-ring (bicyclic) bond motifs is 1. The summed E-state index contributed by atoms with van der Waals surface area (Å²) in [6.07, 6.45) is 2.07. The second-order valence-corrected chi connectivity index (χ2v) is 10.2. The molecular formula is C21H23N3O5S2. The van der Waals surface area contributed by atoms with Gasteiger partial charge >= 0.3 is 0 Å². The third-order valence-electron chi connectivity index (χ3n) is 5.04. The van der Waals surface area contributed by atoms with Gasteiger partial charge in [0.1, 0.15) is 11.3 Å². The quantitative estimate of drug-likeness (QED) is 0.535. The van der Waals surface area contributed by atoms with Crippen LogP contribution in [-0.4, -0.2) is 49.7 Å². The van der Waals surface area contributed by atoms with Crippen LogP contribution in [0.2, 0.25) is 0 Å². The molecule has 1 fully saturated rings. The number of carbonyl (C=O) groups is 1. The van der Waals surface area contributed by atoms with E-state index < -0.39 is 10.0 Å². The van der Waals surface area contributed by atoms with Crippen molar-refractivity contribution < 1.29 is 22.4 Å². The number of anilines is 1. The van der Waals surface area contributed by atoms with E-state index in [9.17, 15) is 13.2 Å². The fourth-order valence-corrected chi connectivity index (χ4v) is 5.29. The largest absolute Gasteiger partial charge is 0.497 e. The van der Waals surface area contributed by atoms with Gasteiger partial charge in [0.25, 0.3) is 15.2 Å². The van der Waals surface area contributed by atoms with Gasteiger partial charge in [0.2, 0.25) is 5.91 Å². The summed E-state index contributed by atoms with van der Waals surface area (Å²) < 4.78 is 38.9. The molecule has 0 aliphatic carbocycles. The van der Waals surface area contributed by atoms with Gasteiger partial charge in [-0.2, -0.15) is 0 Å². The predicted octanol–water partition coefficient (Wildman–Crippen LogP) is 3.74. The van der Waals surface area contributed by atoms with Gasteiger partial charge in [0.05, 0.1) is 17.3 Å². The monoisotopic (exact) mass is 461 g/mol. The molecular weight excluding hydrogens is 438 g/mol. The Labute approximate surface area is 185 Å². The SMILES string of the molecule is COc1ccc(NS(=O)(=O)c2ccc3oc(S[C@@H](C)C(=O)N4CCCC4)nc3c2)cc1. The van der Waals surface area contributed by atoms with Gasteiger partial charge in [-0.3, -0.25) is 9.52 Å². The van der Waals surface area contributed by atoms with E-state index in [2.05, 4.69) is 9.71 Å². The zero-order chi connectivity index (χ0) is 22.0. The summed E-state index contributed by atoms with van der Waals surface area (Å²) in [6.45, 7) is 3.41. The van der Waals surface area contributed by atoms with Crippen molar-refractivity contribution in [2.75, 3.05) is 24.9 Å². The van der Waals surface area contributed by atoms with E-state index >= 15 is 0 Å². The Morgan fingerprint density at radius 3 is 2.58 bits per heavy atom. The smallest absolute Gasteiger partial charge is 0.261 e. The minimum absolute atomic E-state index is 0.0664. The molecule has 0 saturated carbocycles. The zero-order valence-corrected chi connectivity index (χ0v) is 18.8. The van der Waals surface area contributed by atoms with Gasteiger partial charge in [-0.1, -0.05) is 11.8 Å². The third-order valence-corrected chi connectivity index (χ3v) is 7.35. The first kappa shape index (κ1) is 21.5. The zero-order valence-electron chi connectivity index (χ0n) is 17.2. The van der Waals surface area contributed by atoms with Gasteiger partial charge < -0.3 is 14.1 Å². The average molecular weight is 462 g/mol. The molecule has 2 heterocycles. The molecule has 4 rings (SSSR count). The van der Waals surface area contributed by atoms with Crippen LogP contribution in [0.3, 0.4) is 0 Å². The molecule has 8 nitrogen and oxygen atoms in total. The second kappa shape index (κ2) is 8.80. The molecule has 1 aliphatic rings. The van der Waals surface area contributed by atoms with E-state index in [1.807, 2.05) is 11.8 Å². The molecule has 3 aromatic rings. The van der Waals surface area contributed by atoms with Crippen molar-refractivity contribution in [2.24, 2.45) is 0 Å².